The van der Waals surface area contributed by atoms with Gasteiger partial charge in [-0.1, -0.05) is 13.8 Å². The number of methoxy groups -OCH3 is 1. The Labute approximate surface area is 73.3 Å². The van der Waals surface area contributed by atoms with Crippen molar-refractivity contribution in [2.24, 2.45) is 17.6 Å². The maximum Gasteiger partial charge on any atom is 0.326 e. The fraction of sp³-hybridized carbons (Fsp3) is 0.889. The van der Waals surface area contributed by atoms with E-state index >= 15 is 0 Å². The summed E-state index contributed by atoms with van der Waals surface area (Å²) in [4.78, 5) is 11.3. The summed E-state index contributed by atoms with van der Waals surface area (Å²) in [6, 6.07) is 0. The third-order valence-electron chi connectivity index (χ3n) is 2.90. The second-order valence-corrected chi connectivity index (χ2v) is 3.92. The van der Waals surface area contributed by atoms with Crippen molar-refractivity contribution < 1.29 is 9.53 Å². The highest BCUT2D eigenvalue weighted by molar-refractivity contribution is 5.82. The van der Waals surface area contributed by atoms with E-state index in [9.17, 15) is 4.79 Å². The van der Waals surface area contributed by atoms with Crippen LogP contribution in [0.2, 0.25) is 0 Å². The molecule has 70 valence electrons. The molecule has 1 fully saturated rings. The molecule has 0 heterocycles. The van der Waals surface area contributed by atoms with Gasteiger partial charge in [0.1, 0.15) is 5.54 Å². The van der Waals surface area contributed by atoms with Crippen molar-refractivity contribution in [3.05, 3.63) is 0 Å². The number of hydrogen-bond donors (Lipinski definition) is 1. The zero-order valence-corrected chi connectivity index (χ0v) is 7.96. The van der Waals surface area contributed by atoms with Gasteiger partial charge in [-0.3, -0.25) is 4.79 Å². The average molecular weight is 171 g/mol. The third kappa shape index (κ3) is 1.22. The highest BCUT2D eigenvalue weighted by atomic mass is 16.5. The molecule has 2 unspecified atom stereocenters. The van der Waals surface area contributed by atoms with Crippen LogP contribution in [-0.2, 0) is 9.53 Å². The van der Waals surface area contributed by atoms with Crippen LogP contribution in [0.3, 0.4) is 0 Å². The van der Waals surface area contributed by atoms with Gasteiger partial charge in [0.2, 0.25) is 0 Å². The zero-order chi connectivity index (χ0) is 9.35. The van der Waals surface area contributed by atoms with Crippen molar-refractivity contribution in [2.75, 3.05) is 7.11 Å². The lowest BCUT2D eigenvalue weighted by Gasteiger charge is -2.46. The number of hydrogen-bond acceptors (Lipinski definition) is 3. The summed E-state index contributed by atoms with van der Waals surface area (Å²) in [5.41, 5.74) is 5.24. The van der Waals surface area contributed by atoms with Gasteiger partial charge in [0.15, 0.2) is 0 Å². The monoisotopic (exact) mass is 171 g/mol. The zero-order valence-electron chi connectivity index (χ0n) is 7.96. The molecule has 3 nitrogen and oxygen atoms in total. The van der Waals surface area contributed by atoms with Crippen LogP contribution < -0.4 is 5.73 Å². The van der Waals surface area contributed by atoms with Gasteiger partial charge in [0.05, 0.1) is 7.11 Å². The van der Waals surface area contributed by atoms with E-state index in [4.69, 9.17) is 5.73 Å². The molecule has 1 aliphatic carbocycles. The maximum atomic E-state index is 11.3. The molecular weight excluding hydrogens is 154 g/mol. The molecule has 0 spiro atoms. The molecule has 0 aliphatic heterocycles. The molecule has 0 aromatic heterocycles. The minimum Gasteiger partial charge on any atom is -0.468 e. The Hall–Kier alpha value is -0.570. The van der Waals surface area contributed by atoms with Crippen molar-refractivity contribution in [3.8, 4) is 0 Å². The van der Waals surface area contributed by atoms with E-state index in [1.807, 2.05) is 0 Å². The van der Waals surface area contributed by atoms with Crippen LogP contribution in [0, 0.1) is 11.8 Å². The molecule has 0 aromatic rings. The van der Waals surface area contributed by atoms with Crippen LogP contribution in [0.1, 0.15) is 26.7 Å². The summed E-state index contributed by atoms with van der Waals surface area (Å²) in [7, 11) is 1.40. The summed E-state index contributed by atoms with van der Waals surface area (Å²) in [6.07, 6.45) is 1.81. The molecule has 0 saturated heterocycles. The van der Waals surface area contributed by atoms with Crippen molar-refractivity contribution in [2.45, 2.75) is 32.2 Å². The van der Waals surface area contributed by atoms with Gasteiger partial charge in [0, 0.05) is 0 Å². The number of ether oxygens (including phenoxy) is 1. The van der Waals surface area contributed by atoms with Crippen LogP contribution in [0.25, 0.3) is 0 Å². The minimum atomic E-state index is -0.692. The third-order valence-corrected chi connectivity index (χ3v) is 2.90. The number of nitrogens with two attached hydrogens (primary N) is 1. The fourth-order valence-corrected chi connectivity index (χ4v) is 1.99. The molecule has 2 N–H and O–H groups in total. The Bertz CT molecular complexity index is 191. The lowest BCUT2D eigenvalue weighted by atomic mass is 9.62. The van der Waals surface area contributed by atoms with Gasteiger partial charge < -0.3 is 10.5 Å². The number of carbonyl (C=O) groups is 1. The van der Waals surface area contributed by atoms with E-state index in [1.54, 1.807) is 0 Å². The van der Waals surface area contributed by atoms with Gasteiger partial charge >= 0.3 is 5.97 Å². The Morgan fingerprint density at radius 1 is 1.67 bits per heavy atom. The fourth-order valence-electron chi connectivity index (χ4n) is 1.99. The van der Waals surface area contributed by atoms with Crippen molar-refractivity contribution >= 4 is 5.97 Å². The first kappa shape index (κ1) is 9.52. The van der Waals surface area contributed by atoms with E-state index in [2.05, 4.69) is 18.6 Å². The van der Waals surface area contributed by atoms with Crippen LogP contribution in [0.4, 0.5) is 0 Å². The molecule has 0 radical (unpaired) electrons. The van der Waals surface area contributed by atoms with Crippen molar-refractivity contribution in [1.82, 2.24) is 0 Å². The molecule has 0 bridgehead atoms. The van der Waals surface area contributed by atoms with Gasteiger partial charge in [-0.15, -0.1) is 0 Å². The van der Waals surface area contributed by atoms with Gasteiger partial charge in [-0.05, 0) is 24.7 Å². The van der Waals surface area contributed by atoms with Crippen LogP contribution in [0.15, 0.2) is 0 Å². The first-order chi connectivity index (χ1) is 5.52. The standard InChI is InChI=1S/C9H17NO2/c1-6(2)7-4-5-9(7,10)8(11)12-3/h6-7H,4-5,10H2,1-3H3. The van der Waals surface area contributed by atoms with E-state index in [0.717, 1.165) is 12.8 Å². The number of rotatable bonds is 2. The lowest BCUT2D eigenvalue weighted by molar-refractivity contribution is -0.155. The van der Waals surface area contributed by atoms with E-state index in [-0.39, 0.29) is 5.97 Å². The van der Waals surface area contributed by atoms with Crippen LogP contribution in [-0.4, -0.2) is 18.6 Å². The van der Waals surface area contributed by atoms with E-state index in [1.165, 1.54) is 7.11 Å². The molecule has 3 heteroatoms. The quantitative estimate of drug-likeness (QED) is 0.629. The lowest BCUT2D eigenvalue weighted by Crippen LogP contribution is -2.62. The normalized spacial score (nSPS) is 34.6. The highest BCUT2D eigenvalue weighted by Crippen LogP contribution is 2.41. The molecule has 12 heavy (non-hydrogen) atoms. The first-order valence-electron chi connectivity index (χ1n) is 4.39. The SMILES string of the molecule is COC(=O)C1(N)CCC1C(C)C. The minimum absolute atomic E-state index is 0.257. The average Bonchev–Trinajstić information content (AvgIpc) is 1.98. The number of esters is 1. The van der Waals surface area contributed by atoms with E-state index in [0.29, 0.717) is 11.8 Å². The largest absolute Gasteiger partial charge is 0.468 e. The summed E-state index contributed by atoms with van der Waals surface area (Å²) in [6.45, 7) is 4.18. The Morgan fingerprint density at radius 2 is 2.25 bits per heavy atom. The first-order valence-corrected chi connectivity index (χ1v) is 4.39. The summed E-state index contributed by atoms with van der Waals surface area (Å²) < 4.78 is 4.67. The topological polar surface area (TPSA) is 52.3 Å². The number of carbonyl (C=O) groups excluding carboxylic acids is 1. The Kier molecular flexibility index (Phi) is 2.42. The molecule has 1 saturated carbocycles. The van der Waals surface area contributed by atoms with Crippen LogP contribution in [0.5, 0.6) is 0 Å². The Balaban J connectivity index is 2.66. The van der Waals surface area contributed by atoms with Gasteiger partial charge in [-0.2, -0.15) is 0 Å². The van der Waals surface area contributed by atoms with Gasteiger partial charge in [0.25, 0.3) is 0 Å². The predicted molar refractivity (Wildman–Crippen MR) is 46.5 cm³/mol. The predicted octanol–water partition coefficient (Wildman–Crippen LogP) is 0.923. The molecule has 0 amide bonds. The molecule has 1 rings (SSSR count). The Morgan fingerprint density at radius 3 is 2.50 bits per heavy atom. The van der Waals surface area contributed by atoms with Gasteiger partial charge in [-0.25, -0.2) is 0 Å². The second-order valence-electron chi connectivity index (χ2n) is 3.92. The second kappa shape index (κ2) is 3.05. The van der Waals surface area contributed by atoms with Crippen LogP contribution >= 0.6 is 0 Å². The molecule has 1 aliphatic rings. The molecular formula is C9H17NO2. The summed E-state index contributed by atoms with van der Waals surface area (Å²) in [5.74, 6) is 0.500. The summed E-state index contributed by atoms with van der Waals surface area (Å²) >= 11 is 0. The molecule has 0 aromatic carbocycles. The van der Waals surface area contributed by atoms with Crippen molar-refractivity contribution in [3.63, 3.8) is 0 Å². The summed E-state index contributed by atoms with van der Waals surface area (Å²) in [5, 5.41) is 0. The smallest absolute Gasteiger partial charge is 0.326 e. The van der Waals surface area contributed by atoms with E-state index < -0.39 is 5.54 Å². The molecule has 2 atom stereocenters. The van der Waals surface area contributed by atoms with Crippen molar-refractivity contribution in [1.29, 1.82) is 0 Å². The highest BCUT2D eigenvalue weighted by Gasteiger charge is 2.51. The maximum absolute atomic E-state index is 11.3.